The predicted octanol–water partition coefficient (Wildman–Crippen LogP) is 1.89. The quantitative estimate of drug-likeness (QED) is 0.504. The van der Waals surface area contributed by atoms with Crippen LogP contribution in [0.25, 0.3) is 5.70 Å². The van der Waals surface area contributed by atoms with Gasteiger partial charge in [0, 0.05) is 31.0 Å². The molecule has 3 rings (SSSR count). The van der Waals surface area contributed by atoms with E-state index in [1.54, 1.807) is 11.1 Å². The number of pyridine rings is 1. The Labute approximate surface area is 170 Å². The Balaban J connectivity index is 1.70. The van der Waals surface area contributed by atoms with Crippen LogP contribution in [0, 0.1) is 10.8 Å². The highest BCUT2D eigenvalue weighted by atomic mass is 16.6. The van der Waals surface area contributed by atoms with E-state index in [1.807, 2.05) is 27.7 Å². The number of likely N-dealkylation sites (tertiary alicyclic amines) is 1. The zero-order valence-electron chi connectivity index (χ0n) is 17.4. The molecule has 0 saturated carbocycles. The number of rotatable bonds is 5. The van der Waals surface area contributed by atoms with Crippen molar-refractivity contribution >= 4 is 17.6 Å². The van der Waals surface area contributed by atoms with Crippen LogP contribution < -0.4 is 20.9 Å². The lowest BCUT2D eigenvalue weighted by atomic mass is 9.83. The standard InChI is InChI=1S/C20H29N5O4/c1-19(2,3)29-18(26)25-9-20(4,10-25)11-28-14-8-24-13-5-6-27-17(13)16(14)12(21)7-15(22)23/h7-8H,5-6,9-11,21H2,1-4H3,(H3,22,23)/b12-7-. The molecule has 1 aromatic rings. The summed E-state index contributed by atoms with van der Waals surface area (Å²) in [4.78, 5) is 18.2. The van der Waals surface area contributed by atoms with E-state index >= 15 is 0 Å². The third kappa shape index (κ3) is 4.72. The minimum Gasteiger partial charge on any atom is -0.490 e. The Hall–Kier alpha value is -2.97. The van der Waals surface area contributed by atoms with Gasteiger partial charge in [-0.1, -0.05) is 6.92 Å². The van der Waals surface area contributed by atoms with Crippen molar-refractivity contribution < 1.29 is 19.0 Å². The van der Waals surface area contributed by atoms with Crippen molar-refractivity contribution in [1.82, 2.24) is 9.88 Å². The molecule has 29 heavy (non-hydrogen) atoms. The molecule has 0 radical (unpaired) electrons. The number of nitrogens with zero attached hydrogens (tertiary/aromatic N) is 2. The maximum Gasteiger partial charge on any atom is 0.410 e. The maximum absolute atomic E-state index is 12.2. The zero-order valence-corrected chi connectivity index (χ0v) is 17.4. The van der Waals surface area contributed by atoms with Crippen molar-refractivity contribution in [3.05, 3.63) is 23.5 Å². The van der Waals surface area contributed by atoms with Crippen molar-refractivity contribution in [3.8, 4) is 11.5 Å². The highest BCUT2D eigenvalue weighted by molar-refractivity contribution is 5.96. The summed E-state index contributed by atoms with van der Waals surface area (Å²) in [7, 11) is 0. The van der Waals surface area contributed by atoms with Crippen molar-refractivity contribution in [2.75, 3.05) is 26.3 Å². The molecule has 2 aliphatic rings. The SMILES string of the molecule is CC1(COc2cnc3c(c2/C(N)=C/C(=N)N)OCC3)CN(C(=O)OC(C)(C)C)C1. The first kappa shape index (κ1) is 20.8. The van der Waals surface area contributed by atoms with E-state index in [0.29, 0.717) is 55.5 Å². The number of nitrogens with one attached hydrogen (secondary N) is 1. The Bertz CT molecular complexity index is 853. The van der Waals surface area contributed by atoms with Crippen molar-refractivity contribution in [2.24, 2.45) is 16.9 Å². The van der Waals surface area contributed by atoms with Gasteiger partial charge in [0.1, 0.15) is 11.4 Å². The molecule has 158 valence electrons. The molecule has 1 aromatic heterocycles. The molecular weight excluding hydrogens is 374 g/mol. The fraction of sp³-hybridized carbons (Fsp3) is 0.550. The average Bonchev–Trinajstić information content (AvgIpc) is 3.03. The number of amidine groups is 1. The van der Waals surface area contributed by atoms with Gasteiger partial charge in [-0.05, 0) is 20.8 Å². The largest absolute Gasteiger partial charge is 0.490 e. The lowest BCUT2D eigenvalue weighted by Crippen LogP contribution is -2.60. The number of ether oxygens (including phenoxy) is 3. The van der Waals surface area contributed by atoms with Gasteiger partial charge in [0.15, 0.2) is 11.5 Å². The van der Waals surface area contributed by atoms with Crippen LogP contribution in [0.1, 0.15) is 39.0 Å². The maximum atomic E-state index is 12.2. The number of hydrogen-bond donors (Lipinski definition) is 3. The number of carbonyl (C=O) groups is 1. The molecule has 1 saturated heterocycles. The van der Waals surface area contributed by atoms with E-state index in [-0.39, 0.29) is 17.3 Å². The van der Waals surface area contributed by atoms with Gasteiger partial charge in [-0.25, -0.2) is 4.79 Å². The van der Waals surface area contributed by atoms with Crippen molar-refractivity contribution in [1.29, 1.82) is 5.41 Å². The van der Waals surface area contributed by atoms with Crippen LogP contribution >= 0.6 is 0 Å². The first-order chi connectivity index (χ1) is 13.5. The molecule has 0 aromatic carbocycles. The van der Waals surface area contributed by atoms with E-state index in [1.165, 1.54) is 6.08 Å². The van der Waals surface area contributed by atoms with Gasteiger partial charge < -0.3 is 30.6 Å². The second kappa shape index (κ2) is 7.46. The molecular formula is C20H29N5O4. The second-order valence-electron chi connectivity index (χ2n) is 8.86. The third-order valence-electron chi connectivity index (χ3n) is 4.63. The van der Waals surface area contributed by atoms with E-state index in [9.17, 15) is 4.79 Å². The fourth-order valence-electron chi connectivity index (χ4n) is 3.40. The van der Waals surface area contributed by atoms with Gasteiger partial charge in [-0.15, -0.1) is 0 Å². The minimum atomic E-state index is -0.523. The van der Waals surface area contributed by atoms with Crippen molar-refractivity contribution in [2.45, 2.75) is 39.7 Å². The highest BCUT2D eigenvalue weighted by Gasteiger charge is 2.44. The van der Waals surface area contributed by atoms with E-state index in [2.05, 4.69) is 4.98 Å². The summed E-state index contributed by atoms with van der Waals surface area (Å²) >= 11 is 0. The van der Waals surface area contributed by atoms with Gasteiger partial charge in [0.25, 0.3) is 0 Å². The summed E-state index contributed by atoms with van der Waals surface area (Å²) in [6.07, 6.45) is 3.35. The number of amides is 1. The molecule has 0 spiro atoms. The van der Waals surface area contributed by atoms with Crippen LogP contribution in [0.3, 0.4) is 0 Å². The third-order valence-corrected chi connectivity index (χ3v) is 4.63. The van der Waals surface area contributed by atoms with Crippen LogP contribution in [0.15, 0.2) is 12.3 Å². The second-order valence-corrected chi connectivity index (χ2v) is 8.86. The Kier molecular flexibility index (Phi) is 5.34. The summed E-state index contributed by atoms with van der Waals surface area (Å²) in [6, 6.07) is 0. The molecule has 3 heterocycles. The molecule has 2 aliphatic heterocycles. The summed E-state index contributed by atoms with van der Waals surface area (Å²) in [5.74, 6) is 0.889. The van der Waals surface area contributed by atoms with Gasteiger partial charge in [-0.2, -0.15) is 0 Å². The minimum absolute atomic E-state index is 0.157. The Morgan fingerprint density at radius 2 is 2.10 bits per heavy atom. The van der Waals surface area contributed by atoms with E-state index in [4.69, 9.17) is 31.1 Å². The number of carbonyl (C=O) groups excluding carboxylic acids is 1. The van der Waals surface area contributed by atoms with Gasteiger partial charge in [-0.3, -0.25) is 10.4 Å². The smallest absolute Gasteiger partial charge is 0.410 e. The molecule has 1 amide bonds. The van der Waals surface area contributed by atoms with Crippen LogP contribution in [-0.4, -0.2) is 53.7 Å². The summed E-state index contributed by atoms with van der Waals surface area (Å²) in [5, 5.41) is 7.48. The lowest BCUT2D eigenvalue weighted by molar-refractivity contribution is -0.0429. The van der Waals surface area contributed by atoms with Crippen molar-refractivity contribution in [3.63, 3.8) is 0 Å². The van der Waals surface area contributed by atoms with Crippen LogP contribution in [0.2, 0.25) is 0 Å². The molecule has 5 N–H and O–H groups in total. The fourth-order valence-corrected chi connectivity index (χ4v) is 3.40. The molecule has 0 unspecified atom stereocenters. The molecule has 0 atom stereocenters. The predicted molar refractivity (Wildman–Crippen MR) is 109 cm³/mol. The average molecular weight is 403 g/mol. The van der Waals surface area contributed by atoms with Gasteiger partial charge in [0.05, 0.1) is 36.4 Å². The number of hydrogen-bond acceptors (Lipinski definition) is 7. The lowest BCUT2D eigenvalue weighted by Gasteiger charge is -2.47. The Morgan fingerprint density at radius 3 is 2.72 bits per heavy atom. The first-order valence-electron chi connectivity index (χ1n) is 9.54. The zero-order chi connectivity index (χ0) is 21.4. The van der Waals surface area contributed by atoms with Gasteiger partial charge in [0.2, 0.25) is 0 Å². The molecule has 9 heteroatoms. The molecule has 0 bridgehead atoms. The van der Waals surface area contributed by atoms with Gasteiger partial charge >= 0.3 is 6.09 Å². The van der Waals surface area contributed by atoms with E-state index < -0.39 is 5.60 Å². The monoisotopic (exact) mass is 403 g/mol. The number of nitrogens with two attached hydrogens (primary N) is 2. The number of aromatic nitrogens is 1. The highest BCUT2D eigenvalue weighted by Crippen LogP contribution is 2.39. The van der Waals surface area contributed by atoms with Crippen LogP contribution in [-0.2, 0) is 11.2 Å². The Morgan fingerprint density at radius 1 is 1.41 bits per heavy atom. The molecule has 1 fully saturated rings. The molecule has 0 aliphatic carbocycles. The summed E-state index contributed by atoms with van der Waals surface area (Å²) < 4.78 is 17.1. The van der Waals surface area contributed by atoms with Crippen LogP contribution in [0.4, 0.5) is 4.79 Å². The number of fused-ring (bicyclic) bond motifs is 1. The van der Waals surface area contributed by atoms with Crippen LogP contribution in [0.5, 0.6) is 11.5 Å². The first-order valence-corrected chi connectivity index (χ1v) is 9.54. The summed E-state index contributed by atoms with van der Waals surface area (Å²) in [5.41, 5.74) is 12.6. The normalized spacial score (nSPS) is 17.8. The summed E-state index contributed by atoms with van der Waals surface area (Å²) in [6.45, 7) is 9.53. The molecule has 9 nitrogen and oxygen atoms in total. The van der Waals surface area contributed by atoms with E-state index in [0.717, 1.165) is 5.69 Å². The topological polar surface area (TPSA) is 137 Å².